The molecule has 0 fully saturated rings. The van der Waals surface area contributed by atoms with Crippen molar-refractivity contribution in [1.29, 1.82) is 0 Å². The molecule has 0 aliphatic heterocycles. The first kappa shape index (κ1) is 17.7. The van der Waals surface area contributed by atoms with Crippen LogP contribution in [0.3, 0.4) is 0 Å². The molecule has 2 atom stereocenters. The summed E-state index contributed by atoms with van der Waals surface area (Å²) in [6, 6.07) is 0. The van der Waals surface area contributed by atoms with E-state index in [2.05, 4.69) is 6.92 Å². The topological polar surface area (TPSA) is 74.6 Å². The van der Waals surface area contributed by atoms with Gasteiger partial charge >= 0.3 is 11.9 Å². The Balaban J connectivity index is 3.93. The van der Waals surface area contributed by atoms with Crippen LogP contribution in [0.4, 0.5) is 0 Å². The molecule has 0 aliphatic carbocycles. The fourth-order valence-electron chi connectivity index (χ4n) is 1.90. The Morgan fingerprint density at radius 1 is 1.00 bits per heavy atom. The van der Waals surface area contributed by atoms with Gasteiger partial charge in [-0.15, -0.1) is 0 Å². The maximum atomic E-state index is 11.0. The summed E-state index contributed by atoms with van der Waals surface area (Å²) >= 11 is 0. The monoisotopic (exact) mass is 270 g/mol. The predicted octanol–water partition coefficient (Wildman–Crippen LogP) is 3.71. The number of carboxylic acid groups (broad SMARTS) is 2. The molecule has 0 spiro atoms. The van der Waals surface area contributed by atoms with E-state index in [1.54, 1.807) is 6.08 Å². The fourth-order valence-corrected chi connectivity index (χ4v) is 1.90. The van der Waals surface area contributed by atoms with Crippen molar-refractivity contribution in [2.45, 2.75) is 58.8 Å². The molecule has 110 valence electrons. The summed E-state index contributed by atoms with van der Waals surface area (Å²) in [5.74, 6) is -3.97. The van der Waals surface area contributed by atoms with Crippen molar-refractivity contribution in [2.75, 3.05) is 0 Å². The minimum atomic E-state index is -1.07. The molecule has 0 aromatic carbocycles. The second-order valence-electron chi connectivity index (χ2n) is 4.98. The van der Waals surface area contributed by atoms with Gasteiger partial charge in [-0.05, 0) is 12.8 Å². The highest BCUT2D eigenvalue weighted by Gasteiger charge is 2.27. The fraction of sp³-hybridized carbons (Fsp3) is 0.733. The van der Waals surface area contributed by atoms with Gasteiger partial charge in [0.05, 0.1) is 11.8 Å². The van der Waals surface area contributed by atoms with Crippen LogP contribution in [0, 0.1) is 11.8 Å². The van der Waals surface area contributed by atoms with Crippen molar-refractivity contribution in [2.24, 2.45) is 11.8 Å². The third-order valence-electron chi connectivity index (χ3n) is 3.28. The zero-order valence-electron chi connectivity index (χ0n) is 12.0. The third-order valence-corrected chi connectivity index (χ3v) is 3.28. The molecule has 4 nitrogen and oxygen atoms in total. The molecule has 2 N–H and O–H groups in total. The summed E-state index contributed by atoms with van der Waals surface area (Å²) in [7, 11) is 0. The van der Waals surface area contributed by atoms with Crippen LogP contribution < -0.4 is 0 Å². The standard InChI is InChI=1S/C15H26O4/c1-3-4-5-6-7-8-9-10-11-13(15(18)19)12(2)14(16)17/h10-13H,3-9H2,1-2H3,(H,16,17)(H,18,19). The largest absolute Gasteiger partial charge is 0.481 e. The van der Waals surface area contributed by atoms with Crippen LogP contribution in [0.1, 0.15) is 58.8 Å². The minimum absolute atomic E-state index is 0.822. The second-order valence-corrected chi connectivity index (χ2v) is 4.98. The number of aliphatic carboxylic acids is 2. The molecule has 0 aromatic rings. The van der Waals surface area contributed by atoms with Crippen molar-refractivity contribution in [3.05, 3.63) is 12.2 Å². The van der Waals surface area contributed by atoms with Crippen LogP contribution in [-0.4, -0.2) is 22.2 Å². The highest BCUT2D eigenvalue weighted by Crippen LogP contribution is 2.15. The van der Waals surface area contributed by atoms with E-state index in [9.17, 15) is 9.59 Å². The van der Waals surface area contributed by atoms with Crippen molar-refractivity contribution < 1.29 is 19.8 Å². The lowest BCUT2D eigenvalue weighted by atomic mass is 9.93. The maximum absolute atomic E-state index is 11.0. The van der Waals surface area contributed by atoms with Gasteiger partial charge in [-0.1, -0.05) is 58.1 Å². The summed E-state index contributed by atoms with van der Waals surface area (Å²) in [4.78, 5) is 21.8. The van der Waals surface area contributed by atoms with E-state index in [0.29, 0.717) is 0 Å². The van der Waals surface area contributed by atoms with Crippen LogP contribution in [-0.2, 0) is 9.59 Å². The SMILES string of the molecule is CCCCCCCCC=CC(C(=O)O)C(C)C(=O)O. The highest BCUT2D eigenvalue weighted by molar-refractivity contribution is 5.81. The van der Waals surface area contributed by atoms with Gasteiger partial charge in [0.15, 0.2) is 0 Å². The zero-order valence-corrected chi connectivity index (χ0v) is 12.0. The Labute approximate surface area is 115 Å². The quantitative estimate of drug-likeness (QED) is 0.443. The number of allylic oxidation sites excluding steroid dienone is 1. The van der Waals surface area contributed by atoms with E-state index in [1.165, 1.54) is 38.7 Å². The number of unbranched alkanes of at least 4 members (excludes halogenated alkanes) is 6. The number of rotatable bonds is 11. The molecular formula is C15H26O4. The van der Waals surface area contributed by atoms with E-state index in [0.717, 1.165) is 19.3 Å². The molecule has 0 saturated heterocycles. The van der Waals surface area contributed by atoms with Crippen LogP contribution in [0.2, 0.25) is 0 Å². The molecule has 0 saturated carbocycles. The maximum Gasteiger partial charge on any atom is 0.311 e. The Morgan fingerprint density at radius 2 is 1.58 bits per heavy atom. The van der Waals surface area contributed by atoms with Gasteiger partial charge in [0.2, 0.25) is 0 Å². The van der Waals surface area contributed by atoms with Crippen LogP contribution in [0.5, 0.6) is 0 Å². The summed E-state index contributed by atoms with van der Waals surface area (Å²) in [6.07, 6.45) is 11.3. The van der Waals surface area contributed by atoms with Crippen LogP contribution in [0.15, 0.2) is 12.2 Å². The van der Waals surface area contributed by atoms with Crippen molar-refractivity contribution in [3.63, 3.8) is 0 Å². The summed E-state index contributed by atoms with van der Waals surface area (Å²) in [6.45, 7) is 3.61. The zero-order chi connectivity index (χ0) is 14.7. The van der Waals surface area contributed by atoms with Crippen LogP contribution in [0.25, 0.3) is 0 Å². The molecule has 0 aliphatic rings. The normalized spacial score (nSPS) is 14.4. The predicted molar refractivity (Wildman–Crippen MR) is 75.1 cm³/mol. The molecule has 0 heterocycles. The first-order valence-corrected chi connectivity index (χ1v) is 7.13. The van der Waals surface area contributed by atoms with Gasteiger partial charge in [-0.2, -0.15) is 0 Å². The molecule has 0 bridgehead atoms. The number of carboxylic acids is 2. The first-order valence-electron chi connectivity index (χ1n) is 7.13. The van der Waals surface area contributed by atoms with E-state index in [1.807, 2.05) is 0 Å². The minimum Gasteiger partial charge on any atom is -0.481 e. The Hall–Kier alpha value is -1.32. The Kier molecular flexibility index (Phi) is 9.85. The molecule has 0 aromatic heterocycles. The van der Waals surface area contributed by atoms with Crippen molar-refractivity contribution in [3.8, 4) is 0 Å². The number of hydrogen-bond acceptors (Lipinski definition) is 2. The molecule has 0 amide bonds. The lowest BCUT2D eigenvalue weighted by Crippen LogP contribution is -2.25. The Bertz CT molecular complexity index is 297. The van der Waals surface area contributed by atoms with E-state index < -0.39 is 23.8 Å². The molecule has 0 radical (unpaired) electrons. The average molecular weight is 270 g/mol. The molecule has 19 heavy (non-hydrogen) atoms. The van der Waals surface area contributed by atoms with Crippen LogP contribution >= 0.6 is 0 Å². The van der Waals surface area contributed by atoms with E-state index in [-0.39, 0.29) is 0 Å². The third kappa shape index (κ3) is 8.41. The molecular weight excluding hydrogens is 244 g/mol. The second kappa shape index (κ2) is 10.6. The average Bonchev–Trinajstić information content (AvgIpc) is 2.35. The number of hydrogen-bond donors (Lipinski definition) is 2. The summed E-state index contributed by atoms with van der Waals surface area (Å²) < 4.78 is 0. The molecule has 2 unspecified atom stereocenters. The van der Waals surface area contributed by atoms with Gasteiger partial charge in [0.1, 0.15) is 0 Å². The highest BCUT2D eigenvalue weighted by atomic mass is 16.4. The van der Waals surface area contributed by atoms with Gasteiger partial charge in [-0.25, -0.2) is 0 Å². The molecule has 0 rings (SSSR count). The number of carbonyl (C=O) groups is 2. The molecule has 4 heteroatoms. The smallest absolute Gasteiger partial charge is 0.311 e. The van der Waals surface area contributed by atoms with Gasteiger partial charge in [0, 0.05) is 0 Å². The van der Waals surface area contributed by atoms with Gasteiger partial charge in [0.25, 0.3) is 0 Å². The summed E-state index contributed by atoms with van der Waals surface area (Å²) in [5, 5.41) is 17.8. The Morgan fingerprint density at radius 3 is 2.11 bits per heavy atom. The lowest BCUT2D eigenvalue weighted by molar-refractivity contribution is -0.151. The van der Waals surface area contributed by atoms with E-state index in [4.69, 9.17) is 10.2 Å². The van der Waals surface area contributed by atoms with Crippen molar-refractivity contribution >= 4 is 11.9 Å². The van der Waals surface area contributed by atoms with Gasteiger partial charge < -0.3 is 10.2 Å². The lowest BCUT2D eigenvalue weighted by Gasteiger charge is -2.11. The van der Waals surface area contributed by atoms with Gasteiger partial charge in [-0.3, -0.25) is 9.59 Å². The first-order chi connectivity index (χ1) is 9.00. The van der Waals surface area contributed by atoms with Crippen molar-refractivity contribution in [1.82, 2.24) is 0 Å². The van der Waals surface area contributed by atoms with E-state index >= 15 is 0 Å². The summed E-state index contributed by atoms with van der Waals surface area (Å²) in [5.41, 5.74) is 0.